The molecule has 0 spiro atoms. The van der Waals surface area contributed by atoms with Gasteiger partial charge in [-0.2, -0.15) is 0 Å². The molecule has 21 heavy (non-hydrogen) atoms. The van der Waals surface area contributed by atoms with E-state index in [0.717, 1.165) is 17.1 Å². The highest BCUT2D eigenvalue weighted by Crippen LogP contribution is 2.41. The summed E-state index contributed by atoms with van der Waals surface area (Å²) in [5.41, 5.74) is 2.39. The molecule has 1 heterocycles. The molecule has 3 aromatic rings. The Morgan fingerprint density at radius 3 is 2.48 bits per heavy atom. The topological polar surface area (TPSA) is 18.5 Å². The van der Waals surface area contributed by atoms with E-state index in [4.69, 9.17) is 9.47 Å². The second-order valence-electron chi connectivity index (χ2n) is 4.79. The van der Waals surface area contributed by atoms with Crippen molar-refractivity contribution in [1.29, 1.82) is 0 Å². The summed E-state index contributed by atoms with van der Waals surface area (Å²) in [6.07, 6.45) is 0. The predicted molar refractivity (Wildman–Crippen MR) is 97.8 cm³/mol. The summed E-state index contributed by atoms with van der Waals surface area (Å²) < 4.78 is 13.2. The monoisotopic (exact) mass is 410 g/mol. The van der Waals surface area contributed by atoms with Gasteiger partial charge in [0.2, 0.25) is 0 Å². The molecule has 0 bridgehead atoms. The Morgan fingerprint density at radius 1 is 1.00 bits per heavy atom. The quantitative estimate of drug-likeness (QED) is 0.531. The zero-order valence-corrected chi connectivity index (χ0v) is 15.0. The van der Waals surface area contributed by atoms with Crippen LogP contribution in [0, 0.1) is 10.5 Å². The average molecular weight is 410 g/mol. The van der Waals surface area contributed by atoms with Gasteiger partial charge in [-0.15, -0.1) is 11.3 Å². The maximum absolute atomic E-state index is 5.34. The van der Waals surface area contributed by atoms with Crippen molar-refractivity contribution in [3.8, 4) is 21.9 Å². The van der Waals surface area contributed by atoms with E-state index in [2.05, 4.69) is 53.8 Å². The third-order valence-electron chi connectivity index (χ3n) is 3.49. The van der Waals surface area contributed by atoms with Gasteiger partial charge in [-0.1, -0.05) is 0 Å². The summed E-state index contributed by atoms with van der Waals surface area (Å²) in [5, 5.41) is 1.28. The largest absolute Gasteiger partial charge is 0.497 e. The van der Waals surface area contributed by atoms with Crippen molar-refractivity contribution in [3.63, 3.8) is 0 Å². The van der Waals surface area contributed by atoms with E-state index in [9.17, 15) is 0 Å². The molecule has 2 nitrogen and oxygen atoms in total. The van der Waals surface area contributed by atoms with Gasteiger partial charge in [-0.3, -0.25) is 0 Å². The Bertz CT molecular complexity index is 808. The lowest BCUT2D eigenvalue weighted by atomic mass is 10.1. The van der Waals surface area contributed by atoms with Gasteiger partial charge in [0.25, 0.3) is 0 Å². The smallest absolute Gasteiger partial charge is 0.121 e. The fourth-order valence-corrected chi connectivity index (χ4v) is 4.79. The number of methoxy groups -OCH3 is 2. The highest BCUT2D eigenvalue weighted by atomic mass is 127. The second kappa shape index (κ2) is 5.85. The predicted octanol–water partition coefficient (Wildman–Crippen LogP) is 5.50. The number of aryl methyl sites for hydroxylation is 1. The van der Waals surface area contributed by atoms with Gasteiger partial charge in [0.1, 0.15) is 11.5 Å². The molecule has 0 aliphatic heterocycles. The van der Waals surface area contributed by atoms with E-state index in [1.807, 2.05) is 12.1 Å². The molecule has 108 valence electrons. The van der Waals surface area contributed by atoms with Gasteiger partial charge in [-0.05, 0) is 77.0 Å². The van der Waals surface area contributed by atoms with E-state index in [1.54, 1.807) is 25.6 Å². The number of halogens is 1. The van der Waals surface area contributed by atoms with Gasteiger partial charge < -0.3 is 9.47 Å². The van der Waals surface area contributed by atoms with Crippen molar-refractivity contribution in [1.82, 2.24) is 0 Å². The molecule has 0 unspecified atom stereocenters. The molecule has 0 saturated heterocycles. The van der Waals surface area contributed by atoms with Gasteiger partial charge >= 0.3 is 0 Å². The highest BCUT2D eigenvalue weighted by Gasteiger charge is 2.13. The Labute approximate surface area is 141 Å². The van der Waals surface area contributed by atoms with Gasteiger partial charge in [0.15, 0.2) is 0 Å². The molecule has 1 aromatic heterocycles. The van der Waals surface area contributed by atoms with E-state index >= 15 is 0 Å². The van der Waals surface area contributed by atoms with Crippen LogP contribution in [0.4, 0.5) is 0 Å². The standard InChI is InChI=1S/C17H15IO2S/c1-10-8-11(4-7-14(10)20-3)17-16(18)13-6-5-12(19-2)9-15(13)21-17/h4-9H,1-3H3. The maximum Gasteiger partial charge on any atom is 0.121 e. The van der Waals surface area contributed by atoms with Crippen molar-refractivity contribution in [2.45, 2.75) is 6.92 Å². The summed E-state index contributed by atoms with van der Waals surface area (Å²) in [4.78, 5) is 1.30. The first kappa shape index (κ1) is 14.7. The minimum absolute atomic E-state index is 0.901. The van der Waals surface area contributed by atoms with Crippen LogP contribution in [0.5, 0.6) is 11.5 Å². The van der Waals surface area contributed by atoms with Crippen molar-refractivity contribution in [3.05, 3.63) is 45.5 Å². The van der Waals surface area contributed by atoms with Crippen LogP contribution in [0.25, 0.3) is 20.5 Å². The molecule has 3 rings (SSSR count). The molecule has 0 N–H and O–H groups in total. The van der Waals surface area contributed by atoms with E-state index in [0.29, 0.717) is 0 Å². The number of rotatable bonds is 3. The van der Waals surface area contributed by atoms with E-state index in [1.165, 1.54) is 24.1 Å². The van der Waals surface area contributed by atoms with Crippen LogP contribution in [0.2, 0.25) is 0 Å². The third-order valence-corrected chi connectivity index (χ3v) is 6.18. The van der Waals surface area contributed by atoms with Gasteiger partial charge in [0, 0.05) is 18.5 Å². The zero-order chi connectivity index (χ0) is 15.0. The van der Waals surface area contributed by atoms with Crippen LogP contribution in [0.1, 0.15) is 5.56 Å². The zero-order valence-electron chi connectivity index (χ0n) is 12.1. The van der Waals surface area contributed by atoms with Crippen LogP contribution in [-0.4, -0.2) is 14.2 Å². The van der Waals surface area contributed by atoms with Crippen LogP contribution >= 0.6 is 33.9 Å². The molecule has 0 aliphatic rings. The number of hydrogen-bond donors (Lipinski definition) is 0. The lowest BCUT2D eigenvalue weighted by Crippen LogP contribution is -1.87. The first-order valence-corrected chi connectivity index (χ1v) is 8.44. The average Bonchev–Trinajstić information content (AvgIpc) is 2.83. The fraction of sp³-hybridized carbons (Fsp3) is 0.176. The summed E-state index contributed by atoms with van der Waals surface area (Å²) in [6.45, 7) is 2.07. The van der Waals surface area contributed by atoms with Crippen molar-refractivity contribution < 1.29 is 9.47 Å². The molecule has 0 atom stereocenters. The number of thiophene rings is 1. The molecule has 0 saturated carbocycles. The summed E-state index contributed by atoms with van der Waals surface area (Å²) in [6, 6.07) is 12.6. The van der Waals surface area contributed by atoms with E-state index in [-0.39, 0.29) is 0 Å². The molecule has 0 radical (unpaired) electrons. The molecule has 0 amide bonds. The van der Waals surface area contributed by atoms with Gasteiger partial charge in [0.05, 0.1) is 14.2 Å². The van der Waals surface area contributed by atoms with Crippen molar-refractivity contribution in [2.24, 2.45) is 0 Å². The second-order valence-corrected chi connectivity index (χ2v) is 6.92. The number of hydrogen-bond acceptors (Lipinski definition) is 3. The SMILES string of the molecule is COc1ccc2c(I)c(-c3ccc(OC)c(C)c3)sc2c1. The summed E-state index contributed by atoms with van der Waals surface area (Å²) in [5.74, 6) is 1.83. The molecule has 0 fully saturated rings. The summed E-state index contributed by atoms with van der Waals surface area (Å²) >= 11 is 4.23. The lowest BCUT2D eigenvalue weighted by molar-refractivity contribution is 0.412. The minimum atomic E-state index is 0.901. The molecular weight excluding hydrogens is 395 g/mol. The number of ether oxygens (including phenoxy) is 2. The molecule has 2 aromatic carbocycles. The summed E-state index contributed by atoms with van der Waals surface area (Å²) in [7, 11) is 3.41. The number of benzene rings is 2. The first-order valence-electron chi connectivity index (χ1n) is 6.55. The Kier molecular flexibility index (Phi) is 4.08. The molecule has 0 aliphatic carbocycles. The molecular formula is C17H15IO2S. The lowest BCUT2D eigenvalue weighted by Gasteiger charge is -2.06. The normalized spacial score (nSPS) is 10.9. The first-order chi connectivity index (χ1) is 10.1. The van der Waals surface area contributed by atoms with E-state index < -0.39 is 0 Å². The Hall–Kier alpha value is -1.27. The van der Waals surface area contributed by atoms with Crippen LogP contribution in [0.15, 0.2) is 36.4 Å². The van der Waals surface area contributed by atoms with Crippen molar-refractivity contribution in [2.75, 3.05) is 14.2 Å². The fourth-order valence-electron chi connectivity index (χ4n) is 2.38. The van der Waals surface area contributed by atoms with Crippen LogP contribution in [0.3, 0.4) is 0 Å². The van der Waals surface area contributed by atoms with Gasteiger partial charge in [-0.25, -0.2) is 0 Å². The maximum atomic E-state index is 5.34. The van der Waals surface area contributed by atoms with Crippen molar-refractivity contribution >= 4 is 44.0 Å². The van der Waals surface area contributed by atoms with Crippen LogP contribution < -0.4 is 9.47 Å². The minimum Gasteiger partial charge on any atom is -0.497 e. The van der Waals surface area contributed by atoms with Crippen LogP contribution in [-0.2, 0) is 0 Å². The Balaban J connectivity index is 2.16. The third kappa shape index (κ3) is 2.62. The highest BCUT2D eigenvalue weighted by molar-refractivity contribution is 14.1. The Morgan fingerprint density at radius 2 is 1.81 bits per heavy atom. The number of fused-ring (bicyclic) bond motifs is 1. The molecule has 4 heteroatoms.